The average Bonchev–Trinajstić information content (AvgIpc) is 2.57. The van der Waals surface area contributed by atoms with Crippen molar-refractivity contribution in [3.05, 3.63) is 15.8 Å². The van der Waals surface area contributed by atoms with E-state index in [9.17, 15) is 17.2 Å². The average molecular weight is 299 g/mol. The highest BCUT2D eigenvalue weighted by Gasteiger charge is 2.29. The van der Waals surface area contributed by atoms with Crippen LogP contribution in [0, 0.1) is 13.8 Å². The van der Waals surface area contributed by atoms with E-state index in [-0.39, 0.29) is 11.4 Å². The summed E-state index contributed by atoms with van der Waals surface area (Å²) >= 11 is 1.29. The van der Waals surface area contributed by atoms with Gasteiger partial charge in [-0.05, 0) is 19.9 Å². The molecule has 8 heteroatoms. The minimum Gasteiger partial charge on any atom is -0.395 e. The molecule has 1 rings (SSSR count). The van der Waals surface area contributed by atoms with Crippen molar-refractivity contribution >= 4 is 21.4 Å². The summed E-state index contributed by atoms with van der Waals surface area (Å²) < 4.78 is 49.7. The number of hydrogen-bond acceptors (Lipinski definition) is 4. The van der Waals surface area contributed by atoms with E-state index in [0.717, 1.165) is 4.88 Å². The molecule has 0 unspecified atom stereocenters. The zero-order chi connectivity index (χ0) is 13.9. The first-order valence-corrected chi connectivity index (χ1v) is 7.51. The molecule has 0 radical (unpaired) electrons. The summed E-state index contributed by atoms with van der Waals surface area (Å²) in [7, 11) is -3.96. The molecule has 0 amide bonds. The molecule has 0 saturated heterocycles. The van der Waals surface area contributed by atoms with Gasteiger partial charge in [-0.1, -0.05) is 0 Å². The number of aliphatic hydroxyl groups is 1. The third-order valence-corrected chi connectivity index (χ3v) is 5.39. The summed E-state index contributed by atoms with van der Waals surface area (Å²) in [6.07, 6.45) is -2.77. The quantitative estimate of drug-likeness (QED) is 0.868. The second kappa shape index (κ2) is 6.05. The Morgan fingerprint density at radius 3 is 2.44 bits per heavy atom. The molecule has 1 aromatic heterocycles. The van der Waals surface area contributed by atoms with Gasteiger partial charge in [0.15, 0.2) is 0 Å². The maximum Gasteiger partial charge on any atom is 0.252 e. The number of halogens is 2. The zero-order valence-corrected chi connectivity index (χ0v) is 11.7. The van der Waals surface area contributed by atoms with Crippen molar-refractivity contribution in [2.45, 2.75) is 25.2 Å². The fraction of sp³-hybridized carbons (Fsp3) is 0.600. The third kappa shape index (κ3) is 3.47. The first-order chi connectivity index (χ1) is 8.28. The molecule has 1 heterocycles. The molecular formula is C10H15F2NO3S2. The van der Waals surface area contributed by atoms with E-state index < -0.39 is 29.6 Å². The molecule has 0 bridgehead atoms. The fourth-order valence-corrected chi connectivity index (χ4v) is 4.51. The van der Waals surface area contributed by atoms with Gasteiger partial charge in [0.25, 0.3) is 6.43 Å². The monoisotopic (exact) mass is 299 g/mol. The van der Waals surface area contributed by atoms with E-state index in [1.54, 1.807) is 13.8 Å². The second-order valence-electron chi connectivity index (χ2n) is 3.76. The van der Waals surface area contributed by atoms with Crippen LogP contribution in [-0.2, 0) is 10.0 Å². The van der Waals surface area contributed by atoms with Gasteiger partial charge in [-0.15, -0.1) is 11.3 Å². The predicted molar refractivity (Wildman–Crippen MR) is 65.6 cm³/mol. The van der Waals surface area contributed by atoms with Gasteiger partial charge >= 0.3 is 0 Å². The lowest BCUT2D eigenvalue weighted by atomic mass is 10.4. The Hall–Kier alpha value is -0.570. The van der Waals surface area contributed by atoms with Crippen LogP contribution >= 0.6 is 11.3 Å². The molecule has 18 heavy (non-hydrogen) atoms. The number of alkyl halides is 2. The Labute approximate surface area is 109 Å². The molecule has 0 saturated carbocycles. The molecule has 1 aromatic rings. The predicted octanol–water partition coefficient (Wildman–Crippen LogP) is 1.61. The van der Waals surface area contributed by atoms with Crippen molar-refractivity contribution in [3.63, 3.8) is 0 Å². The molecule has 104 valence electrons. The number of hydrogen-bond donors (Lipinski definition) is 1. The summed E-state index contributed by atoms with van der Waals surface area (Å²) in [5.74, 6) is 0. The minimum absolute atomic E-state index is 0.0408. The number of nitrogens with zero attached hydrogens (tertiary/aromatic N) is 1. The van der Waals surface area contributed by atoms with Crippen LogP contribution in [0.3, 0.4) is 0 Å². The van der Waals surface area contributed by atoms with Gasteiger partial charge < -0.3 is 5.11 Å². The molecule has 0 fully saturated rings. The lowest BCUT2D eigenvalue weighted by Crippen LogP contribution is -2.37. The maximum absolute atomic E-state index is 12.4. The van der Waals surface area contributed by atoms with E-state index in [0.29, 0.717) is 9.18 Å². The molecule has 1 N–H and O–H groups in total. The van der Waals surface area contributed by atoms with Crippen molar-refractivity contribution < 1.29 is 22.3 Å². The number of thiophene rings is 1. The van der Waals surface area contributed by atoms with Gasteiger partial charge in [0.05, 0.1) is 18.0 Å². The van der Waals surface area contributed by atoms with E-state index in [2.05, 4.69) is 0 Å². The van der Waals surface area contributed by atoms with Crippen LogP contribution in [-0.4, -0.2) is 44.0 Å². The van der Waals surface area contributed by atoms with E-state index in [1.807, 2.05) is 0 Å². The van der Waals surface area contributed by atoms with Gasteiger partial charge in [0.1, 0.15) is 0 Å². The van der Waals surface area contributed by atoms with E-state index >= 15 is 0 Å². The van der Waals surface area contributed by atoms with Crippen LogP contribution in [0.2, 0.25) is 0 Å². The zero-order valence-electron chi connectivity index (χ0n) is 10.1. The summed E-state index contributed by atoms with van der Waals surface area (Å²) in [5.41, 5.74) is 0. The van der Waals surface area contributed by atoms with Crippen LogP contribution in [0.5, 0.6) is 0 Å². The highest BCUT2D eigenvalue weighted by atomic mass is 32.2. The van der Waals surface area contributed by atoms with E-state index in [4.69, 9.17) is 5.11 Å². The van der Waals surface area contributed by atoms with Crippen molar-refractivity contribution in [2.24, 2.45) is 0 Å². The third-order valence-electron chi connectivity index (χ3n) is 2.30. The van der Waals surface area contributed by atoms with Gasteiger partial charge in [0.2, 0.25) is 10.0 Å². The number of rotatable bonds is 6. The number of aryl methyl sites for hydroxylation is 2. The van der Waals surface area contributed by atoms with Crippen molar-refractivity contribution in [2.75, 3.05) is 19.7 Å². The van der Waals surface area contributed by atoms with Crippen molar-refractivity contribution in [1.82, 2.24) is 4.31 Å². The Balaban J connectivity index is 3.12. The topological polar surface area (TPSA) is 57.6 Å². The molecule has 0 aliphatic heterocycles. The summed E-state index contributed by atoms with van der Waals surface area (Å²) in [6.45, 7) is 1.65. The maximum atomic E-state index is 12.4. The van der Waals surface area contributed by atoms with Crippen LogP contribution in [0.15, 0.2) is 11.0 Å². The summed E-state index contributed by atoms with van der Waals surface area (Å²) in [6, 6.07) is 1.46. The highest BCUT2D eigenvalue weighted by Crippen LogP contribution is 2.27. The van der Waals surface area contributed by atoms with Gasteiger partial charge in [0, 0.05) is 16.3 Å². The highest BCUT2D eigenvalue weighted by molar-refractivity contribution is 7.89. The largest absolute Gasteiger partial charge is 0.395 e. The minimum atomic E-state index is -3.96. The smallest absolute Gasteiger partial charge is 0.252 e. The van der Waals surface area contributed by atoms with Crippen LogP contribution in [0.25, 0.3) is 0 Å². The first kappa shape index (κ1) is 15.5. The normalized spacial score (nSPS) is 12.6. The van der Waals surface area contributed by atoms with Crippen LogP contribution in [0.4, 0.5) is 8.78 Å². The molecule has 4 nitrogen and oxygen atoms in total. The number of sulfonamides is 1. The Kier molecular flexibility index (Phi) is 5.20. The Morgan fingerprint density at radius 1 is 1.44 bits per heavy atom. The molecule has 0 aromatic carbocycles. The molecule has 0 aliphatic rings. The van der Waals surface area contributed by atoms with Crippen molar-refractivity contribution in [3.8, 4) is 0 Å². The summed E-state index contributed by atoms with van der Waals surface area (Å²) in [5, 5.41) is 8.79. The Bertz CT molecular complexity index is 499. The van der Waals surface area contributed by atoms with E-state index in [1.165, 1.54) is 17.4 Å². The Morgan fingerprint density at radius 2 is 2.06 bits per heavy atom. The molecule has 0 atom stereocenters. The van der Waals surface area contributed by atoms with Crippen molar-refractivity contribution in [1.29, 1.82) is 0 Å². The van der Waals surface area contributed by atoms with Crippen LogP contribution < -0.4 is 0 Å². The lowest BCUT2D eigenvalue weighted by molar-refractivity contribution is 0.113. The lowest BCUT2D eigenvalue weighted by Gasteiger charge is -2.20. The molecule has 0 spiro atoms. The van der Waals surface area contributed by atoms with Crippen LogP contribution in [0.1, 0.15) is 9.75 Å². The van der Waals surface area contributed by atoms with Gasteiger partial charge in [-0.3, -0.25) is 0 Å². The molecule has 0 aliphatic carbocycles. The first-order valence-electron chi connectivity index (χ1n) is 5.25. The SMILES string of the molecule is Cc1cc(S(=O)(=O)N(CCO)CC(F)F)c(C)s1. The fourth-order valence-electron chi connectivity index (χ4n) is 1.58. The van der Waals surface area contributed by atoms with Gasteiger partial charge in [-0.25, -0.2) is 17.2 Å². The summed E-state index contributed by atoms with van der Waals surface area (Å²) in [4.78, 5) is 1.40. The second-order valence-corrected chi connectivity index (χ2v) is 7.12. The molecular weight excluding hydrogens is 284 g/mol. The standard InChI is InChI=1S/C10H15F2NO3S2/c1-7-5-9(8(2)17-7)18(15,16)13(3-4-14)6-10(11)12/h5,10,14H,3-4,6H2,1-2H3. The number of aliphatic hydroxyl groups excluding tert-OH is 1. The van der Waals surface area contributed by atoms with Gasteiger partial charge in [-0.2, -0.15) is 4.31 Å².